The van der Waals surface area contributed by atoms with Crippen molar-refractivity contribution in [2.24, 2.45) is 0 Å². The molecule has 29 heavy (non-hydrogen) atoms. The molecule has 1 heterocycles. The summed E-state index contributed by atoms with van der Waals surface area (Å²) in [5.41, 5.74) is 2.25. The third kappa shape index (κ3) is 5.54. The first kappa shape index (κ1) is 20.3. The molecule has 0 radical (unpaired) electrons. The number of para-hydroxylation sites is 1. The van der Waals surface area contributed by atoms with E-state index in [-0.39, 0.29) is 24.1 Å². The van der Waals surface area contributed by atoms with Crippen LogP contribution < -0.4 is 15.6 Å². The van der Waals surface area contributed by atoms with Crippen LogP contribution in [0.15, 0.2) is 71.5 Å². The van der Waals surface area contributed by atoms with Crippen molar-refractivity contribution in [2.75, 3.05) is 7.11 Å². The molecule has 2 aromatic carbocycles. The van der Waals surface area contributed by atoms with Crippen molar-refractivity contribution in [3.05, 3.63) is 82.6 Å². The van der Waals surface area contributed by atoms with E-state index in [2.05, 4.69) is 22.5 Å². The smallest absolute Gasteiger partial charge is 0.267 e. The van der Waals surface area contributed by atoms with Crippen LogP contribution in [0.4, 0.5) is 0 Å². The zero-order valence-electron chi connectivity index (χ0n) is 16.7. The second-order valence-electron chi connectivity index (χ2n) is 6.91. The molecule has 1 amide bonds. The van der Waals surface area contributed by atoms with Crippen molar-refractivity contribution < 1.29 is 9.53 Å². The van der Waals surface area contributed by atoms with Gasteiger partial charge in [0.2, 0.25) is 5.91 Å². The highest BCUT2D eigenvalue weighted by molar-refractivity contribution is 5.76. The van der Waals surface area contributed by atoms with Crippen LogP contribution in [0.2, 0.25) is 0 Å². The second kappa shape index (κ2) is 9.68. The number of hydrogen-bond acceptors (Lipinski definition) is 4. The fraction of sp³-hybridized carbons (Fsp3) is 0.261. The number of methoxy groups -OCH3 is 1. The van der Waals surface area contributed by atoms with Crippen molar-refractivity contribution in [1.82, 2.24) is 15.1 Å². The number of nitrogens with one attached hydrogen (secondary N) is 1. The molecule has 0 aliphatic heterocycles. The molecule has 3 rings (SSSR count). The van der Waals surface area contributed by atoms with Gasteiger partial charge >= 0.3 is 0 Å². The molecule has 6 heteroatoms. The topological polar surface area (TPSA) is 73.2 Å². The monoisotopic (exact) mass is 391 g/mol. The van der Waals surface area contributed by atoms with Gasteiger partial charge in [-0.2, -0.15) is 5.10 Å². The standard InChI is InChI=1S/C23H25N3O3/c1-17(12-13-18-8-4-3-5-9-18)24-22(27)16-26-23(28)15-14-20(25-26)19-10-6-7-11-21(19)29-2/h3-11,14-15,17H,12-13,16H2,1-2H3,(H,24,27)/t17-/m1/s1. The Bertz CT molecular complexity index is 1020. The van der Waals surface area contributed by atoms with Crippen LogP contribution in [0, 0.1) is 0 Å². The highest BCUT2D eigenvalue weighted by atomic mass is 16.5. The lowest BCUT2D eigenvalue weighted by Gasteiger charge is -2.15. The van der Waals surface area contributed by atoms with Crippen LogP contribution in [-0.4, -0.2) is 28.8 Å². The number of carbonyl (C=O) groups is 1. The number of aromatic nitrogens is 2. The van der Waals surface area contributed by atoms with Gasteiger partial charge in [0.25, 0.3) is 5.56 Å². The van der Waals surface area contributed by atoms with E-state index in [9.17, 15) is 9.59 Å². The quantitative estimate of drug-likeness (QED) is 0.641. The third-order valence-electron chi connectivity index (χ3n) is 4.66. The van der Waals surface area contributed by atoms with Crippen molar-refractivity contribution in [1.29, 1.82) is 0 Å². The van der Waals surface area contributed by atoms with Gasteiger partial charge in [0.15, 0.2) is 0 Å². The lowest BCUT2D eigenvalue weighted by molar-refractivity contribution is -0.122. The minimum absolute atomic E-state index is 0.00388. The first-order valence-electron chi connectivity index (χ1n) is 9.61. The summed E-state index contributed by atoms with van der Waals surface area (Å²) in [5.74, 6) is 0.418. The molecule has 0 saturated carbocycles. The predicted octanol–water partition coefficient (Wildman–Crippen LogP) is 3.06. The van der Waals surface area contributed by atoms with E-state index >= 15 is 0 Å². The molecule has 6 nitrogen and oxygen atoms in total. The summed E-state index contributed by atoms with van der Waals surface area (Å²) in [6, 6.07) is 20.6. The van der Waals surface area contributed by atoms with Gasteiger partial charge in [-0.25, -0.2) is 4.68 Å². The van der Waals surface area contributed by atoms with Gasteiger partial charge in [-0.05, 0) is 43.5 Å². The number of carbonyl (C=O) groups excluding carboxylic acids is 1. The summed E-state index contributed by atoms with van der Waals surface area (Å²) >= 11 is 0. The van der Waals surface area contributed by atoms with E-state index in [1.165, 1.54) is 16.3 Å². The van der Waals surface area contributed by atoms with Crippen LogP contribution in [-0.2, 0) is 17.8 Å². The maximum atomic E-state index is 12.4. The van der Waals surface area contributed by atoms with E-state index in [1.54, 1.807) is 13.2 Å². The Morgan fingerprint density at radius 2 is 1.79 bits per heavy atom. The molecule has 1 atom stereocenters. The molecular formula is C23H25N3O3. The van der Waals surface area contributed by atoms with E-state index in [0.29, 0.717) is 11.4 Å². The van der Waals surface area contributed by atoms with Crippen molar-refractivity contribution >= 4 is 5.91 Å². The Hall–Kier alpha value is -3.41. The Morgan fingerprint density at radius 1 is 1.07 bits per heavy atom. The van der Waals surface area contributed by atoms with Crippen LogP contribution in [0.3, 0.4) is 0 Å². The number of nitrogens with zero attached hydrogens (tertiary/aromatic N) is 2. The zero-order chi connectivity index (χ0) is 20.6. The lowest BCUT2D eigenvalue weighted by Crippen LogP contribution is -2.38. The highest BCUT2D eigenvalue weighted by Crippen LogP contribution is 2.27. The Kier molecular flexibility index (Phi) is 6.79. The van der Waals surface area contributed by atoms with Gasteiger partial charge in [0.05, 0.1) is 12.8 Å². The van der Waals surface area contributed by atoms with Gasteiger partial charge in [0.1, 0.15) is 12.3 Å². The van der Waals surface area contributed by atoms with Crippen molar-refractivity contribution in [3.63, 3.8) is 0 Å². The first-order valence-corrected chi connectivity index (χ1v) is 9.61. The van der Waals surface area contributed by atoms with Gasteiger partial charge < -0.3 is 10.1 Å². The zero-order valence-corrected chi connectivity index (χ0v) is 16.7. The Morgan fingerprint density at radius 3 is 2.55 bits per heavy atom. The van der Waals surface area contributed by atoms with Gasteiger partial charge in [-0.15, -0.1) is 0 Å². The van der Waals surface area contributed by atoms with Gasteiger partial charge in [-0.1, -0.05) is 42.5 Å². The number of rotatable bonds is 8. The number of benzene rings is 2. The number of aryl methyl sites for hydroxylation is 1. The molecule has 0 unspecified atom stereocenters. The predicted molar refractivity (Wildman–Crippen MR) is 113 cm³/mol. The van der Waals surface area contributed by atoms with Crippen LogP contribution in [0.25, 0.3) is 11.3 Å². The fourth-order valence-electron chi connectivity index (χ4n) is 3.12. The fourth-order valence-corrected chi connectivity index (χ4v) is 3.12. The molecule has 0 saturated heterocycles. The number of ether oxygens (including phenoxy) is 1. The van der Waals surface area contributed by atoms with Crippen LogP contribution in [0.5, 0.6) is 5.75 Å². The third-order valence-corrected chi connectivity index (χ3v) is 4.66. The molecule has 150 valence electrons. The van der Waals surface area contributed by atoms with Crippen LogP contribution >= 0.6 is 0 Å². The molecular weight excluding hydrogens is 366 g/mol. The van der Waals surface area contributed by atoms with E-state index < -0.39 is 0 Å². The molecule has 0 spiro atoms. The van der Waals surface area contributed by atoms with E-state index in [1.807, 2.05) is 49.4 Å². The maximum absolute atomic E-state index is 12.4. The minimum Gasteiger partial charge on any atom is -0.496 e. The largest absolute Gasteiger partial charge is 0.496 e. The molecule has 1 aromatic heterocycles. The summed E-state index contributed by atoms with van der Waals surface area (Å²) in [6.45, 7) is 1.83. The average Bonchev–Trinajstić information content (AvgIpc) is 2.74. The summed E-state index contributed by atoms with van der Waals surface area (Å²) in [5, 5.41) is 7.30. The van der Waals surface area contributed by atoms with Crippen LogP contribution in [0.1, 0.15) is 18.9 Å². The lowest BCUT2D eigenvalue weighted by atomic mass is 10.1. The second-order valence-corrected chi connectivity index (χ2v) is 6.91. The SMILES string of the molecule is COc1ccccc1-c1ccc(=O)n(CC(=O)N[C@H](C)CCc2ccccc2)n1. The number of hydrogen-bond donors (Lipinski definition) is 1. The van der Waals surface area contributed by atoms with Gasteiger partial charge in [0, 0.05) is 17.7 Å². The molecule has 1 N–H and O–H groups in total. The number of amides is 1. The summed E-state index contributed by atoms with van der Waals surface area (Å²) in [4.78, 5) is 24.6. The summed E-state index contributed by atoms with van der Waals surface area (Å²) in [6.07, 6.45) is 1.70. The minimum atomic E-state index is -0.323. The molecule has 3 aromatic rings. The molecule has 0 aliphatic carbocycles. The molecule has 0 aliphatic rings. The summed E-state index contributed by atoms with van der Waals surface area (Å²) < 4.78 is 6.54. The van der Waals surface area contributed by atoms with E-state index in [4.69, 9.17) is 4.74 Å². The molecule has 0 bridgehead atoms. The maximum Gasteiger partial charge on any atom is 0.267 e. The Labute approximate surface area is 170 Å². The molecule has 0 fully saturated rings. The van der Waals surface area contributed by atoms with Crippen molar-refractivity contribution in [3.8, 4) is 17.0 Å². The normalized spacial score (nSPS) is 11.7. The van der Waals surface area contributed by atoms with Crippen molar-refractivity contribution in [2.45, 2.75) is 32.4 Å². The Balaban J connectivity index is 1.65. The highest BCUT2D eigenvalue weighted by Gasteiger charge is 2.12. The van der Waals surface area contributed by atoms with Gasteiger partial charge in [-0.3, -0.25) is 9.59 Å². The average molecular weight is 391 g/mol. The van der Waals surface area contributed by atoms with E-state index in [0.717, 1.165) is 18.4 Å². The summed E-state index contributed by atoms with van der Waals surface area (Å²) in [7, 11) is 1.58. The first-order chi connectivity index (χ1) is 14.1.